The number of carboxylic acid groups (broad SMARTS) is 1. The summed E-state index contributed by atoms with van der Waals surface area (Å²) in [6, 6.07) is 0. The topological polar surface area (TPSA) is 80.7 Å². The van der Waals surface area contributed by atoms with Gasteiger partial charge in [-0.1, -0.05) is 11.6 Å². The number of aliphatic carboxylic acids is 1. The van der Waals surface area contributed by atoms with E-state index in [0.29, 0.717) is 0 Å². The number of halogens is 1. The van der Waals surface area contributed by atoms with Crippen molar-refractivity contribution in [2.75, 3.05) is 0 Å². The molecule has 2 saturated heterocycles. The van der Waals surface area contributed by atoms with E-state index in [2.05, 4.69) is 0 Å². The van der Waals surface area contributed by atoms with Gasteiger partial charge in [0.2, 0.25) is 11.3 Å². The predicted molar refractivity (Wildman–Crippen MR) is 53.7 cm³/mol. The van der Waals surface area contributed by atoms with Gasteiger partial charge in [0.15, 0.2) is 4.75 Å². The van der Waals surface area contributed by atoms with Crippen LogP contribution in [0.2, 0.25) is 0 Å². The van der Waals surface area contributed by atoms with Gasteiger partial charge in [0, 0.05) is 0 Å². The molecule has 84 valence electrons. The molecule has 2 rings (SSSR count). The summed E-state index contributed by atoms with van der Waals surface area (Å²) in [5.74, 6) is -1.67. The van der Waals surface area contributed by atoms with Gasteiger partial charge in [-0.3, -0.25) is 9.69 Å². The highest BCUT2D eigenvalue weighted by molar-refractivity contribution is 7.94. The maximum atomic E-state index is 11.9. The van der Waals surface area contributed by atoms with E-state index in [-0.39, 0.29) is 12.3 Å². The molecule has 3 atom stereocenters. The van der Waals surface area contributed by atoms with E-state index in [4.69, 9.17) is 16.7 Å². The largest absolute Gasteiger partial charge is 0.614 e. The van der Waals surface area contributed by atoms with Gasteiger partial charge >= 0.3 is 5.97 Å². The van der Waals surface area contributed by atoms with Crippen LogP contribution in [0.4, 0.5) is 0 Å². The Morgan fingerprint density at radius 3 is 2.60 bits per heavy atom. The SMILES string of the molecule is CC1(C)[S+]([O-])[C@@H]2CC(=O)N2[C@@]1(Cl)C(=O)O. The first-order chi connectivity index (χ1) is 6.74. The van der Waals surface area contributed by atoms with Crippen molar-refractivity contribution in [3.05, 3.63) is 0 Å². The highest BCUT2D eigenvalue weighted by atomic mass is 35.5. The molecule has 1 N–H and O–H groups in total. The minimum atomic E-state index is -1.88. The summed E-state index contributed by atoms with van der Waals surface area (Å²) in [4.78, 5) is 21.6. The normalized spacial score (nSPS) is 42.4. The monoisotopic (exact) mass is 251 g/mol. The molecule has 0 spiro atoms. The molecule has 7 heteroatoms. The molecule has 15 heavy (non-hydrogen) atoms. The fourth-order valence-electron chi connectivity index (χ4n) is 2.05. The summed E-state index contributed by atoms with van der Waals surface area (Å²) in [5, 5.41) is 8.56. The van der Waals surface area contributed by atoms with Gasteiger partial charge in [-0.25, -0.2) is 4.79 Å². The highest BCUT2D eigenvalue weighted by Gasteiger charge is 2.77. The van der Waals surface area contributed by atoms with Gasteiger partial charge in [0.1, 0.15) is 0 Å². The van der Waals surface area contributed by atoms with Gasteiger partial charge in [0.05, 0.1) is 6.42 Å². The molecule has 0 saturated carbocycles. The standard InChI is InChI=1S/C8H10ClNO4S/c1-7(2)8(9,6(12)13)10-4(11)3-5(10)15(7)14/h5H,3H2,1-2H3,(H,12,13)/t5-,8+,15?/m1/s1. The van der Waals surface area contributed by atoms with E-state index in [1.165, 1.54) is 13.8 Å². The highest BCUT2D eigenvalue weighted by Crippen LogP contribution is 2.54. The van der Waals surface area contributed by atoms with Crippen molar-refractivity contribution in [2.45, 2.75) is 35.4 Å². The fourth-order valence-corrected chi connectivity index (χ4v) is 4.44. The number of rotatable bonds is 1. The van der Waals surface area contributed by atoms with E-state index in [1.54, 1.807) is 0 Å². The van der Waals surface area contributed by atoms with Crippen molar-refractivity contribution in [1.82, 2.24) is 4.90 Å². The van der Waals surface area contributed by atoms with E-state index >= 15 is 0 Å². The first kappa shape index (κ1) is 11.0. The lowest BCUT2D eigenvalue weighted by Gasteiger charge is -2.37. The molecule has 0 aromatic rings. The third-order valence-electron chi connectivity index (χ3n) is 3.07. The molecule has 2 aliphatic heterocycles. The molecule has 1 unspecified atom stereocenters. The Bertz CT molecular complexity index is 361. The number of fused-ring (bicyclic) bond motifs is 1. The molecule has 2 heterocycles. The van der Waals surface area contributed by atoms with Crippen molar-refractivity contribution in [3.8, 4) is 0 Å². The summed E-state index contributed by atoms with van der Waals surface area (Å²) in [6.45, 7) is 3.02. The predicted octanol–water partition coefficient (Wildman–Crippen LogP) is 0.105. The van der Waals surface area contributed by atoms with E-state index < -0.39 is 32.3 Å². The number of hydrogen-bond donors (Lipinski definition) is 1. The van der Waals surface area contributed by atoms with Crippen molar-refractivity contribution in [1.29, 1.82) is 0 Å². The summed E-state index contributed by atoms with van der Waals surface area (Å²) in [5.41, 5.74) is 0. The van der Waals surface area contributed by atoms with Crippen LogP contribution in [0.15, 0.2) is 0 Å². The third kappa shape index (κ3) is 0.996. The zero-order chi connectivity index (χ0) is 11.6. The fraction of sp³-hybridized carbons (Fsp3) is 0.750. The maximum absolute atomic E-state index is 11.9. The zero-order valence-corrected chi connectivity index (χ0v) is 9.76. The lowest BCUT2D eigenvalue weighted by molar-refractivity contribution is -0.160. The Morgan fingerprint density at radius 1 is 1.73 bits per heavy atom. The molecule has 0 aromatic carbocycles. The second kappa shape index (κ2) is 2.81. The van der Waals surface area contributed by atoms with Gasteiger partial charge in [-0.15, -0.1) is 0 Å². The van der Waals surface area contributed by atoms with Crippen LogP contribution in [0, 0.1) is 0 Å². The molecule has 0 radical (unpaired) electrons. The Hall–Kier alpha value is -0.460. The number of carboxylic acids is 1. The van der Waals surface area contributed by atoms with E-state index in [0.717, 1.165) is 4.90 Å². The first-order valence-electron chi connectivity index (χ1n) is 4.39. The van der Waals surface area contributed by atoms with Crippen LogP contribution in [0.25, 0.3) is 0 Å². The minimum absolute atomic E-state index is 0.123. The number of nitrogens with zero attached hydrogens (tertiary/aromatic N) is 1. The van der Waals surface area contributed by atoms with Crippen LogP contribution < -0.4 is 0 Å². The average Bonchev–Trinajstić information content (AvgIpc) is 2.22. The van der Waals surface area contributed by atoms with Gasteiger partial charge in [-0.05, 0) is 25.0 Å². The molecule has 0 aromatic heterocycles. The van der Waals surface area contributed by atoms with E-state index in [1.807, 2.05) is 0 Å². The number of hydrogen-bond acceptors (Lipinski definition) is 3. The van der Waals surface area contributed by atoms with Crippen LogP contribution in [0.5, 0.6) is 0 Å². The van der Waals surface area contributed by atoms with E-state index in [9.17, 15) is 14.1 Å². The first-order valence-corrected chi connectivity index (χ1v) is 5.99. The summed E-state index contributed by atoms with van der Waals surface area (Å²) in [7, 11) is 0. The Morgan fingerprint density at radius 2 is 2.27 bits per heavy atom. The minimum Gasteiger partial charge on any atom is -0.614 e. The molecular weight excluding hydrogens is 242 g/mol. The third-order valence-corrected chi connectivity index (χ3v) is 6.17. The Labute approximate surface area is 94.6 Å². The quantitative estimate of drug-likeness (QED) is 0.310. The van der Waals surface area contributed by atoms with Crippen molar-refractivity contribution in [3.63, 3.8) is 0 Å². The van der Waals surface area contributed by atoms with Crippen LogP contribution in [-0.2, 0) is 20.8 Å². The second-order valence-corrected chi connectivity index (χ2v) is 6.86. The van der Waals surface area contributed by atoms with Gasteiger partial charge in [0.25, 0.3) is 5.00 Å². The van der Waals surface area contributed by atoms with Gasteiger partial charge in [-0.2, -0.15) is 0 Å². The van der Waals surface area contributed by atoms with Crippen LogP contribution in [0.1, 0.15) is 20.3 Å². The van der Waals surface area contributed by atoms with Crippen LogP contribution >= 0.6 is 11.6 Å². The number of carbonyl (C=O) groups is 2. The Kier molecular flexibility index (Phi) is 2.07. The Balaban J connectivity index is 2.52. The summed E-state index contributed by atoms with van der Waals surface area (Å²) < 4.78 is 10.8. The lowest BCUT2D eigenvalue weighted by Crippen LogP contribution is -2.63. The molecule has 0 aliphatic carbocycles. The lowest BCUT2D eigenvalue weighted by atomic mass is 9.97. The number of β-lactam (4-membered cyclic amide) rings is 1. The number of alkyl halides is 1. The molecule has 0 bridgehead atoms. The smallest absolute Gasteiger partial charge is 0.351 e. The summed E-state index contributed by atoms with van der Waals surface area (Å²) in [6.07, 6.45) is 0.123. The maximum Gasteiger partial charge on any atom is 0.351 e. The molecular formula is C8H10ClNO4S. The van der Waals surface area contributed by atoms with Crippen molar-refractivity contribution in [2.24, 2.45) is 0 Å². The van der Waals surface area contributed by atoms with Gasteiger partial charge < -0.3 is 9.66 Å². The molecule has 2 fully saturated rings. The number of amides is 1. The molecule has 5 nitrogen and oxygen atoms in total. The second-order valence-electron chi connectivity index (χ2n) is 4.16. The van der Waals surface area contributed by atoms with Crippen molar-refractivity contribution >= 4 is 34.7 Å². The van der Waals surface area contributed by atoms with Crippen molar-refractivity contribution < 1.29 is 19.2 Å². The van der Waals surface area contributed by atoms with Crippen LogP contribution in [0.3, 0.4) is 0 Å². The number of carbonyl (C=O) groups excluding carboxylic acids is 1. The average molecular weight is 252 g/mol. The summed E-state index contributed by atoms with van der Waals surface area (Å²) >= 11 is 4.56. The molecule has 2 aliphatic rings. The zero-order valence-electron chi connectivity index (χ0n) is 8.19. The molecule has 1 amide bonds. The van der Waals surface area contributed by atoms with Crippen LogP contribution in [-0.4, -0.2) is 41.6 Å².